The van der Waals surface area contributed by atoms with E-state index in [0.29, 0.717) is 29.7 Å². The molecule has 0 fully saturated rings. The summed E-state index contributed by atoms with van der Waals surface area (Å²) < 4.78 is 10.9. The van der Waals surface area contributed by atoms with Crippen LogP contribution in [0.5, 0.6) is 5.75 Å². The van der Waals surface area contributed by atoms with E-state index >= 15 is 0 Å². The normalized spacial score (nSPS) is 12.0. The summed E-state index contributed by atoms with van der Waals surface area (Å²) in [5.74, 6) is -1.17. The van der Waals surface area contributed by atoms with Crippen LogP contribution in [-0.2, 0) is 16.0 Å². The van der Waals surface area contributed by atoms with Crippen LogP contribution in [0.4, 0.5) is 0 Å². The molecule has 7 heteroatoms. The van der Waals surface area contributed by atoms with E-state index in [4.69, 9.17) is 14.3 Å². The van der Waals surface area contributed by atoms with Crippen LogP contribution in [0, 0.1) is 6.92 Å². The zero-order chi connectivity index (χ0) is 20.7. The molecule has 152 valence electrons. The Labute approximate surface area is 163 Å². The minimum atomic E-state index is -1.07. The van der Waals surface area contributed by atoms with Gasteiger partial charge < -0.3 is 19.6 Å². The van der Waals surface area contributed by atoms with Gasteiger partial charge in [-0.1, -0.05) is 26.7 Å². The van der Waals surface area contributed by atoms with Crippen LogP contribution in [0.2, 0.25) is 0 Å². The lowest BCUT2D eigenvalue weighted by Gasteiger charge is -2.15. The number of carbonyl (C=O) groups is 2. The summed E-state index contributed by atoms with van der Waals surface area (Å²) in [5.41, 5.74) is 1.60. The Hall–Kier alpha value is -2.83. The van der Waals surface area contributed by atoms with E-state index < -0.39 is 23.5 Å². The van der Waals surface area contributed by atoms with E-state index in [-0.39, 0.29) is 6.61 Å². The molecule has 1 amide bonds. The zero-order valence-electron chi connectivity index (χ0n) is 16.5. The summed E-state index contributed by atoms with van der Waals surface area (Å²) in [5, 5.41) is 12.4. The number of ether oxygens (including phenoxy) is 1. The molecular formula is C21H27NO6. The molecule has 0 saturated heterocycles. The van der Waals surface area contributed by atoms with Gasteiger partial charge in [0.1, 0.15) is 17.4 Å². The lowest BCUT2D eigenvalue weighted by atomic mass is 10.0. The lowest BCUT2D eigenvalue weighted by Crippen LogP contribution is -2.42. The molecule has 1 aromatic heterocycles. The number of amides is 1. The molecule has 0 spiro atoms. The average molecular weight is 389 g/mol. The van der Waals surface area contributed by atoms with Crippen LogP contribution >= 0.6 is 0 Å². The first-order valence-corrected chi connectivity index (χ1v) is 9.58. The van der Waals surface area contributed by atoms with Gasteiger partial charge in [0.15, 0.2) is 6.61 Å². The molecule has 2 rings (SSSR count). The summed E-state index contributed by atoms with van der Waals surface area (Å²) in [6.07, 6.45) is 3.77. The maximum absolute atomic E-state index is 12.0. The van der Waals surface area contributed by atoms with Crippen molar-refractivity contribution in [3.05, 3.63) is 39.7 Å². The second-order valence-corrected chi connectivity index (χ2v) is 6.80. The first kappa shape index (κ1) is 21.5. The number of aliphatic carboxylic acids is 1. The Kier molecular flexibility index (Phi) is 7.61. The molecule has 1 aromatic carbocycles. The number of hydrogen-bond acceptors (Lipinski definition) is 5. The topological polar surface area (TPSA) is 106 Å². The lowest BCUT2D eigenvalue weighted by molar-refractivity contribution is -0.142. The highest BCUT2D eigenvalue weighted by molar-refractivity contribution is 5.86. The van der Waals surface area contributed by atoms with Crippen LogP contribution in [0.25, 0.3) is 11.0 Å². The minimum absolute atomic E-state index is 0.320. The van der Waals surface area contributed by atoms with E-state index in [1.165, 1.54) is 6.07 Å². The van der Waals surface area contributed by atoms with E-state index in [1.54, 1.807) is 13.0 Å². The quantitative estimate of drug-likeness (QED) is 0.605. The van der Waals surface area contributed by atoms with E-state index in [2.05, 4.69) is 12.2 Å². The second-order valence-electron chi connectivity index (χ2n) is 6.80. The average Bonchev–Trinajstić information content (AvgIpc) is 2.65. The third-order valence-corrected chi connectivity index (χ3v) is 4.57. The SMILES string of the molecule is CCCCc1cc(=O)oc2c(C)c(OCC(=O)N[C@@H](CCC)C(=O)O)ccc12. The highest BCUT2D eigenvalue weighted by atomic mass is 16.5. The van der Waals surface area contributed by atoms with Crippen molar-refractivity contribution < 1.29 is 23.8 Å². The molecule has 1 heterocycles. The number of carbonyl (C=O) groups excluding carboxylic acids is 1. The van der Waals surface area contributed by atoms with Gasteiger partial charge in [0, 0.05) is 17.0 Å². The van der Waals surface area contributed by atoms with Crippen molar-refractivity contribution in [2.45, 2.75) is 58.9 Å². The van der Waals surface area contributed by atoms with Gasteiger partial charge >= 0.3 is 11.6 Å². The van der Waals surface area contributed by atoms with Crippen LogP contribution < -0.4 is 15.7 Å². The fourth-order valence-corrected chi connectivity index (χ4v) is 3.06. The van der Waals surface area contributed by atoms with Crippen LogP contribution in [0.1, 0.15) is 50.7 Å². The molecular weight excluding hydrogens is 362 g/mol. The van der Waals surface area contributed by atoms with Crippen molar-refractivity contribution in [1.82, 2.24) is 5.32 Å². The van der Waals surface area contributed by atoms with Crippen LogP contribution in [-0.4, -0.2) is 29.6 Å². The Morgan fingerprint density at radius 2 is 2.00 bits per heavy atom. The van der Waals surface area contributed by atoms with Crippen molar-refractivity contribution >= 4 is 22.8 Å². The highest BCUT2D eigenvalue weighted by Crippen LogP contribution is 2.29. The third-order valence-electron chi connectivity index (χ3n) is 4.57. The predicted octanol–water partition coefficient (Wildman–Crippen LogP) is 3.19. The van der Waals surface area contributed by atoms with Crippen molar-refractivity contribution in [1.29, 1.82) is 0 Å². The van der Waals surface area contributed by atoms with Gasteiger partial charge in [0.25, 0.3) is 5.91 Å². The molecule has 0 radical (unpaired) electrons. The summed E-state index contributed by atoms with van der Waals surface area (Å²) >= 11 is 0. The molecule has 0 aliphatic heterocycles. The van der Waals surface area contributed by atoms with Gasteiger partial charge in [-0.05, 0) is 43.9 Å². The molecule has 0 saturated carbocycles. The fraction of sp³-hybridized carbons (Fsp3) is 0.476. The molecule has 28 heavy (non-hydrogen) atoms. The molecule has 2 N–H and O–H groups in total. The van der Waals surface area contributed by atoms with E-state index in [1.807, 2.05) is 13.0 Å². The Balaban J connectivity index is 2.17. The number of rotatable bonds is 10. The van der Waals surface area contributed by atoms with Crippen molar-refractivity contribution in [2.24, 2.45) is 0 Å². The highest BCUT2D eigenvalue weighted by Gasteiger charge is 2.19. The first-order valence-electron chi connectivity index (χ1n) is 9.58. The molecule has 0 aliphatic rings. The largest absolute Gasteiger partial charge is 0.483 e. The zero-order valence-corrected chi connectivity index (χ0v) is 16.5. The number of hydrogen-bond donors (Lipinski definition) is 2. The third kappa shape index (κ3) is 5.34. The van der Waals surface area contributed by atoms with Gasteiger partial charge in [0.05, 0.1) is 0 Å². The minimum Gasteiger partial charge on any atom is -0.483 e. The maximum Gasteiger partial charge on any atom is 0.336 e. The van der Waals surface area contributed by atoms with Crippen molar-refractivity contribution in [2.75, 3.05) is 6.61 Å². The second kappa shape index (κ2) is 9.92. The number of aryl methyl sites for hydroxylation is 2. The monoisotopic (exact) mass is 389 g/mol. The number of fused-ring (bicyclic) bond motifs is 1. The Morgan fingerprint density at radius 3 is 2.64 bits per heavy atom. The number of benzene rings is 1. The summed E-state index contributed by atoms with van der Waals surface area (Å²) in [6.45, 7) is 5.38. The molecule has 7 nitrogen and oxygen atoms in total. The summed E-state index contributed by atoms with van der Waals surface area (Å²) in [6, 6.07) is 4.14. The molecule has 0 unspecified atom stereocenters. The summed E-state index contributed by atoms with van der Waals surface area (Å²) in [4.78, 5) is 35.1. The summed E-state index contributed by atoms with van der Waals surface area (Å²) in [7, 11) is 0. The van der Waals surface area contributed by atoms with Gasteiger partial charge in [0.2, 0.25) is 0 Å². The predicted molar refractivity (Wildman–Crippen MR) is 106 cm³/mol. The molecule has 2 aromatic rings. The number of nitrogens with one attached hydrogen (secondary N) is 1. The maximum atomic E-state index is 12.0. The molecule has 0 bridgehead atoms. The van der Waals surface area contributed by atoms with Gasteiger partial charge in [-0.25, -0.2) is 9.59 Å². The Morgan fingerprint density at radius 1 is 1.25 bits per heavy atom. The number of unbranched alkanes of at least 4 members (excludes halogenated alkanes) is 1. The Bertz CT molecular complexity index is 902. The van der Waals surface area contributed by atoms with Crippen LogP contribution in [0.15, 0.2) is 27.4 Å². The van der Waals surface area contributed by atoms with E-state index in [0.717, 1.165) is 30.2 Å². The van der Waals surface area contributed by atoms with Gasteiger partial charge in [-0.15, -0.1) is 0 Å². The standard InChI is InChI=1S/C21H27NO6/c1-4-6-8-14-11-19(24)28-20-13(3)17(10-9-15(14)20)27-12-18(23)22-16(7-5-2)21(25)26/h9-11,16H,4-8,12H2,1-3H3,(H,22,23)(H,25,26)/t16-/m0/s1. The first-order chi connectivity index (χ1) is 13.4. The molecule has 1 atom stereocenters. The van der Waals surface area contributed by atoms with Gasteiger partial charge in [-0.3, -0.25) is 4.79 Å². The number of carboxylic acid groups (broad SMARTS) is 1. The number of carboxylic acids is 1. The smallest absolute Gasteiger partial charge is 0.336 e. The van der Waals surface area contributed by atoms with Crippen LogP contribution in [0.3, 0.4) is 0 Å². The molecule has 0 aliphatic carbocycles. The van der Waals surface area contributed by atoms with E-state index in [9.17, 15) is 14.4 Å². The fourth-order valence-electron chi connectivity index (χ4n) is 3.06. The van der Waals surface area contributed by atoms with Gasteiger partial charge in [-0.2, -0.15) is 0 Å². The van der Waals surface area contributed by atoms with Crippen molar-refractivity contribution in [3.8, 4) is 5.75 Å². The van der Waals surface area contributed by atoms with Crippen molar-refractivity contribution in [3.63, 3.8) is 0 Å².